The van der Waals surface area contributed by atoms with Crippen LogP contribution in [-0.2, 0) is 4.79 Å². The summed E-state index contributed by atoms with van der Waals surface area (Å²) in [5.74, 6) is 0.173. The Balaban J connectivity index is 1.96. The molecule has 0 atom stereocenters. The maximum atomic E-state index is 11.8. The van der Waals surface area contributed by atoms with Gasteiger partial charge in [0, 0.05) is 5.69 Å². The van der Waals surface area contributed by atoms with Crippen LogP contribution in [0.5, 0.6) is 5.75 Å². The van der Waals surface area contributed by atoms with Gasteiger partial charge >= 0.3 is 0 Å². The molecule has 21 heavy (non-hydrogen) atoms. The molecule has 3 N–H and O–H groups in total. The van der Waals surface area contributed by atoms with Gasteiger partial charge in [-0.25, -0.2) is 0 Å². The Morgan fingerprint density at radius 2 is 1.67 bits per heavy atom. The first kappa shape index (κ1) is 15.8. The van der Waals surface area contributed by atoms with Gasteiger partial charge in [-0.1, -0.05) is 34.8 Å². The second kappa shape index (κ2) is 6.89. The smallest absolute Gasteiger partial charge is 0.262 e. The molecule has 0 aliphatic rings. The van der Waals surface area contributed by atoms with E-state index in [1.807, 2.05) is 0 Å². The van der Waals surface area contributed by atoms with Crippen LogP contribution in [-0.4, -0.2) is 12.5 Å². The molecule has 0 aromatic heterocycles. The molecule has 1 amide bonds. The predicted octanol–water partition coefficient (Wildman–Crippen LogP) is 4.25. The fourth-order valence-corrected chi connectivity index (χ4v) is 2.11. The Bertz CT molecular complexity index is 660. The summed E-state index contributed by atoms with van der Waals surface area (Å²) >= 11 is 17.7. The number of hydrogen-bond donors (Lipinski definition) is 2. The predicted molar refractivity (Wildman–Crippen MR) is 86.5 cm³/mol. The van der Waals surface area contributed by atoms with Gasteiger partial charge in [0.05, 0.1) is 20.8 Å². The van der Waals surface area contributed by atoms with Gasteiger partial charge in [-0.05, 0) is 36.4 Å². The first-order valence-corrected chi connectivity index (χ1v) is 7.02. The molecule has 2 aromatic carbocycles. The molecular weight excluding hydrogens is 335 g/mol. The lowest BCUT2D eigenvalue weighted by molar-refractivity contribution is -0.118. The number of amides is 1. The van der Waals surface area contributed by atoms with E-state index >= 15 is 0 Å². The topological polar surface area (TPSA) is 64.3 Å². The summed E-state index contributed by atoms with van der Waals surface area (Å²) in [6.07, 6.45) is 0. The van der Waals surface area contributed by atoms with Gasteiger partial charge < -0.3 is 15.8 Å². The van der Waals surface area contributed by atoms with Crippen molar-refractivity contribution < 1.29 is 9.53 Å². The highest BCUT2D eigenvalue weighted by atomic mass is 35.5. The van der Waals surface area contributed by atoms with Gasteiger partial charge in [0.1, 0.15) is 5.75 Å². The molecule has 0 aliphatic heterocycles. The lowest BCUT2D eigenvalue weighted by Gasteiger charge is -2.10. The van der Waals surface area contributed by atoms with Crippen molar-refractivity contribution >= 4 is 52.1 Å². The molecule has 7 heteroatoms. The Labute approximate surface area is 136 Å². The van der Waals surface area contributed by atoms with Crippen LogP contribution < -0.4 is 15.8 Å². The van der Waals surface area contributed by atoms with Crippen molar-refractivity contribution in [2.75, 3.05) is 17.7 Å². The molecule has 0 saturated carbocycles. The van der Waals surface area contributed by atoms with Gasteiger partial charge in [0.25, 0.3) is 5.91 Å². The summed E-state index contributed by atoms with van der Waals surface area (Å²) < 4.78 is 5.32. The van der Waals surface area contributed by atoms with Crippen LogP contribution in [0.25, 0.3) is 0 Å². The third kappa shape index (κ3) is 4.43. The minimum Gasteiger partial charge on any atom is -0.484 e. The summed E-state index contributed by atoms with van der Waals surface area (Å²) in [6.45, 7) is -0.166. The van der Waals surface area contributed by atoms with Crippen LogP contribution in [0.15, 0.2) is 36.4 Å². The Morgan fingerprint density at radius 1 is 1.05 bits per heavy atom. The van der Waals surface area contributed by atoms with Gasteiger partial charge in [-0.2, -0.15) is 0 Å². The van der Waals surface area contributed by atoms with E-state index in [0.717, 1.165) is 0 Å². The van der Waals surface area contributed by atoms with E-state index in [1.165, 1.54) is 12.1 Å². The quantitative estimate of drug-likeness (QED) is 0.643. The molecule has 110 valence electrons. The molecule has 0 radical (unpaired) electrons. The third-order valence-corrected chi connectivity index (χ3v) is 3.57. The van der Waals surface area contributed by atoms with Crippen LogP contribution in [0, 0.1) is 0 Å². The van der Waals surface area contributed by atoms with Crippen molar-refractivity contribution in [3.8, 4) is 5.75 Å². The number of benzene rings is 2. The van der Waals surface area contributed by atoms with Crippen molar-refractivity contribution in [2.45, 2.75) is 0 Å². The highest BCUT2D eigenvalue weighted by molar-refractivity contribution is 6.44. The molecule has 0 heterocycles. The summed E-state index contributed by atoms with van der Waals surface area (Å²) in [7, 11) is 0. The fourth-order valence-electron chi connectivity index (χ4n) is 1.52. The normalized spacial score (nSPS) is 10.2. The fraction of sp³-hybridized carbons (Fsp3) is 0.0714. The Hall–Kier alpha value is -1.62. The zero-order valence-corrected chi connectivity index (χ0v) is 13.0. The van der Waals surface area contributed by atoms with Crippen molar-refractivity contribution in [3.63, 3.8) is 0 Å². The molecule has 0 spiro atoms. The second-order valence-electron chi connectivity index (χ2n) is 4.15. The third-order valence-electron chi connectivity index (χ3n) is 2.53. The van der Waals surface area contributed by atoms with Crippen LogP contribution >= 0.6 is 34.8 Å². The minimum atomic E-state index is -0.368. The zero-order valence-electron chi connectivity index (χ0n) is 10.7. The summed E-state index contributed by atoms with van der Waals surface area (Å²) in [4.78, 5) is 11.8. The Kier molecular flexibility index (Phi) is 5.17. The molecule has 0 fully saturated rings. The monoisotopic (exact) mass is 344 g/mol. The van der Waals surface area contributed by atoms with Crippen molar-refractivity contribution in [1.82, 2.24) is 0 Å². The number of hydrogen-bond acceptors (Lipinski definition) is 3. The van der Waals surface area contributed by atoms with Crippen molar-refractivity contribution in [2.24, 2.45) is 0 Å². The number of nitrogens with two attached hydrogens (primary N) is 1. The SMILES string of the molecule is Nc1ccc(OCC(=O)Nc2cc(Cl)c(Cl)cc2Cl)cc1. The van der Waals surface area contributed by atoms with E-state index in [1.54, 1.807) is 24.3 Å². The maximum absolute atomic E-state index is 11.8. The highest BCUT2D eigenvalue weighted by Crippen LogP contribution is 2.32. The lowest BCUT2D eigenvalue weighted by Crippen LogP contribution is -2.20. The minimum absolute atomic E-state index is 0.166. The number of rotatable bonds is 4. The van der Waals surface area contributed by atoms with E-state index in [2.05, 4.69) is 5.32 Å². The summed E-state index contributed by atoms with van der Waals surface area (Å²) in [5.41, 5.74) is 6.55. The zero-order chi connectivity index (χ0) is 15.4. The summed E-state index contributed by atoms with van der Waals surface area (Å²) in [5, 5.41) is 3.51. The lowest BCUT2D eigenvalue weighted by atomic mass is 10.3. The molecule has 0 unspecified atom stereocenters. The molecule has 2 rings (SSSR count). The van der Waals surface area contributed by atoms with Crippen molar-refractivity contribution in [3.05, 3.63) is 51.5 Å². The van der Waals surface area contributed by atoms with Crippen LogP contribution in [0.2, 0.25) is 15.1 Å². The Morgan fingerprint density at radius 3 is 2.33 bits per heavy atom. The number of nitrogens with one attached hydrogen (secondary N) is 1. The van der Waals surface area contributed by atoms with Gasteiger partial charge in [0.15, 0.2) is 6.61 Å². The average molecular weight is 346 g/mol. The molecule has 0 aliphatic carbocycles. The second-order valence-corrected chi connectivity index (χ2v) is 5.37. The first-order valence-electron chi connectivity index (χ1n) is 5.88. The van der Waals surface area contributed by atoms with Gasteiger partial charge in [-0.3, -0.25) is 4.79 Å². The summed E-state index contributed by atoms with van der Waals surface area (Å²) in [6, 6.07) is 9.66. The van der Waals surface area contributed by atoms with Crippen LogP contribution in [0.4, 0.5) is 11.4 Å². The number of halogens is 3. The number of ether oxygens (including phenoxy) is 1. The van der Waals surface area contributed by atoms with E-state index in [4.69, 9.17) is 45.3 Å². The maximum Gasteiger partial charge on any atom is 0.262 e. The molecule has 4 nitrogen and oxygen atoms in total. The van der Waals surface area contributed by atoms with Crippen LogP contribution in [0.1, 0.15) is 0 Å². The standard InChI is InChI=1S/C14H11Cl3N2O2/c15-10-5-12(17)13(6-11(10)16)19-14(20)7-21-9-3-1-8(18)2-4-9/h1-6H,7,18H2,(H,19,20). The van der Waals surface area contributed by atoms with Crippen molar-refractivity contribution in [1.29, 1.82) is 0 Å². The highest BCUT2D eigenvalue weighted by Gasteiger charge is 2.10. The first-order chi connectivity index (χ1) is 9.95. The molecule has 0 bridgehead atoms. The number of nitrogen functional groups attached to an aromatic ring is 1. The van der Waals surface area contributed by atoms with E-state index < -0.39 is 0 Å². The number of anilines is 2. The molecular formula is C14H11Cl3N2O2. The van der Waals surface area contributed by atoms with E-state index in [-0.39, 0.29) is 12.5 Å². The number of carbonyl (C=O) groups excluding carboxylic acids is 1. The van der Waals surface area contributed by atoms with Gasteiger partial charge in [0.2, 0.25) is 0 Å². The molecule has 0 saturated heterocycles. The number of carbonyl (C=O) groups is 1. The molecule has 2 aromatic rings. The average Bonchev–Trinajstić information content (AvgIpc) is 2.44. The van der Waals surface area contributed by atoms with Crippen LogP contribution in [0.3, 0.4) is 0 Å². The van der Waals surface area contributed by atoms with Gasteiger partial charge in [-0.15, -0.1) is 0 Å². The largest absolute Gasteiger partial charge is 0.484 e. The van der Waals surface area contributed by atoms with E-state index in [9.17, 15) is 4.79 Å². The van der Waals surface area contributed by atoms with E-state index in [0.29, 0.717) is 32.2 Å².